The topological polar surface area (TPSA) is 55.1 Å². The van der Waals surface area contributed by atoms with Crippen LogP contribution in [-0.4, -0.2) is 20.9 Å². The first-order valence-corrected chi connectivity index (χ1v) is 6.32. The molecule has 8 heteroatoms. The molecule has 0 radical (unpaired) electrons. The Balaban J connectivity index is 2.81. The summed E-state index contributed by atoms with van der Waals surface area (Å²) in [6.07, 6.45) is -3.70. The number of hydrogen-bond acceptors (Lipinski definition) is 2. The maximum Gasteiger partial charge on any atom is 0.418 e. The molecule has 22 heavy (non-hydrogen) atoms. The Morgan fingerprint density at radius 2 is 1.95 bits per heavy atom. The Bertz CT molecular complexity index is 720. The molecule has 0 amide bonds. The number of halogens is 4. The van der Waals surface area contributed by atoms with Crippen molar-refractivity contribution in [2.45, 2.75) is 25.9 Å². The number of rotatable bonds is 3. The lowest BCUT2D eigenvalue weighted by atomic mass is 10.0. The fraction of sp³-hybridized carbons (Fsp3) is 0.286. The van der Waals surface area contributed by atoms with Gasteiger partial charge in [0, 0.05) is 5.56 Å². The molecule has 1 heterocycles. The summed E-state index contributed by atoms with van der Waals surface area (Å²) in [4.78, 5) is 11.4. The molecule has 2 rings (SSSR count). The van der Waals surface area contributed by atoms with Gasteiger partial charge in [0.1, 0.15) is 11.5 Å². The van der Waals surface area contributed by atoms with Crippen molar-refractivity contribution < 1.29 is 27.5 Å². The van der Waals surface area contributed by atoms with Gasteiger partial charge in [0.05, 0.1) is 11.8 Å². The molecular weight excluding hydrogens is 304 g/mol. The van der Waals surface area contributed by atoms with Crippen molar-refractivity contribution in [2.24, 2.45) is 0 Å². The minimum absolute atomic E-state index is 0.226. The molecule has 2 aromatic rings. The highest BCUT2D eigenvalue weighted by Gasteiger charge is 2.37. The summed E-state index contributed by atoms with van der Waals surface area (Å²) in [5, 5.41) is 12.9. The Labute approximate surface area is 123 Å². The van der Waals surface area contributed by atoms with Crippen LogP contribution in [0.5, 0.6) is 0 Å². The summed E-state index contributed by atoms with van der Waals surface area (Å²) in [6.45, 7) is 3.33. The molecule has 0 bridgehead atoms. The van der Waals surface area contributed by atoms with Crippen LogP contribution in [-0.2, 0) is 6.18 Å². The molecule has 4 nitrogen and oxygen atoms in total. The van der Waals surface area contributed by atoms with Gasteiger partial charge in [-0.15, -0.1) is 0 Å². The second-order valence-corrected chi connectivity index (χ2v) is 4.95. The normalized spacial score (nSPS) is 12.0. The average molecular weight is 316 g/mol. The maximum atomic E-state index is 14.0. The molecular formula is C14H12F4N2O2. The van der Waals surface area contributed by atoms with E-state index in [1.165, 1.54) is 0 Å². The minimum Gasteiger partial charge on any atom is -0.476 e. The Morgan fingerprint density at radius 1 is 1.32 bits per heavy atom. The smallest absolute Gasteiger partial charge is 0.418 e. The number of alkyl halides is 3. The molecule has 1 N–H and O–H groups in total. The number of carbonyl (C=O) groups is 1. The quantitative estimate of drug-likeness (QED) is 0.875. The van der Waals surface area contributed by atoms with E-state index in [1.54, 1.807) is 13.8 Å². The van der Waals surface area contributed by atoms with E-state index in [9.17, 15) is 27.5 Å². The molecule has 0 aliphatic carbocycles. The van der Waals surface area contributed by atoms with Crippen LogP contribution < -0.4 is 0 Å². The van der Waals surface area contributed by atoms with Crippen LogP contribution in [0.1, 0.15) is 41.4 Å². The van der Waals surface area contributed by atoms with Gasteiger partial charge in [0.2, 0.25) is 0 Å². The van der Waals surface area contributed by atoms with Gasteiger partial charge in [-0.1, -0.05) is 19.9 Å². The predicted octanol–water partition coefficient (Wildman–Crippen LogP) is 3.85. The van der Waals surface area contributed by atoms with Gasteiger partial charge in [0.15, 0.2) is 5.69 Å². The van der Waals surface area contributed by atoms with Crippen LogP contribution in [0.15, 0.2) is 24.4 Å². The van der Waals surface area contributed by atoms with E-state index in [0.717, 1.165) is 18.3 Å². The Kier molecular flexibility index (Phi) is 3.95. The molecule has 0 spiro atoms. The second kappa shape index (κ2) is 5.43. The van der Waals surface area contributed by atoms with Gasteiger partial charge in [0.25, 0.3) is 0 Å². The molecule has 0 unspecified atom stereocenters. The second-order valence-electron chi connectivity index (χ2n) is 4.95. The van der Waals surface area contributed by atoms with Gasteiger partial charge >= 0.3 is 12.1 Å². The van der Waals surface area contributed by atoms with Crippen molar-refractivity contribution in [1.29, 1.82) is 0 Å². The van der Waals surface area contributed by atoms with Crippen LogP contribution in [0.3, 0.4) is 0 Å². The lowest BCUT2D eigenvalue weighted by Crippen LogP contribution is -2.17. The van der Waals surface area contributed by atoms with Gasteiger partial charge in [-0.2, -0.15) is 18.3 Å². The Morgan fingerprint density at radius 3 is 2.45 bits per heavy atom. The molecule has 0 aliphatic heterocycles. The lowest BCUT2D eigenvalue weighted by Gasteiger charge is -2.15. The van der Waals surface area contributed by atoms with E-state index < -0.39 is 34.9 Å². The highest BCUT2D eigenvalue weighted by Crippen LogP contribution is 2.36. The van der Waals surface area contributed by atoms with E-state index in [1.807, 2.05) is 0 Å². The number of carboxylic acids is 1. The molecule has 1 aromatic carbocycles. The summed E-state index contributed by atoms with van der Waals surface area (Å²) < 4.78 is 53.6. The fourth-order valence-corrected chi connectivity index (χ4v) is 2.13. The SMILES string of the molecule is CC(C)c1cnn(-c2c(F)cccc2C(F)(F)F)c1C(=O)O. The van der Waals surface area contributed by atoms with Crippen molar-refractivity contribution >= 4 is 5.97 Å². The first-order chi connectivity index (χ1) is 10.1. The van der Waals surface area contributed by atoms with Crippen molar-refractivity contribution in [1.82, 2.24) is 9.78 Å². The van der Waals surface area contributed by atoms with E-state index in [0.29, 0.717) is 10.7 Å². The molecule has 0 saturated carbocycles. The number of nitrogens with zero attached hydrogens (tertiary/aromatic N) is 2. The number of aromatic nitrogens is 2. The molecule has 0 aliphatic rings. The monoisotopic (exact) mass is 316 g/mol. The zero-order chi connectivity index (χ0) is 16.7. The number of carboxylic acid groups (broad SMARTS) is 1. The largest absolute Gasteiger partial charge is 0.476 e. The van der Waals surface area contributed by atoms with Gasteiger partial charge in [-0.05, 0) is 18.1 Å². The van der Waals surface area contributed by atoms with Crippen molar-refractivity contribution in [3.05, 3.63) is 47.0 Å². The zero-order valence-electron chi connectivity index (χ0n) is 11.6. The van der Waals surface area contributed by atoms with Gasteiger partial charge in [-0.25, -0.2) is 13.9 Å². The minimum atomic E-state index is -4.84. The third-order valence-corrected chi connectivity index (χ3v) is 3.13. The van der Waals surface area contributed by atoms with E-state index in [4.69, 9.17) is 0 Å². The van der Waals surface area contributed by atoms with Gasteiger partial charge in [-0.3, -0.25) is 0 Å². The zero-order valence-corrected chi connectivity index (χ0v) is 11.6. The van der Waals surface area contributed by atoms with Crippen molar-refractivity contribution in [2.75, 3.05) is 0 Å². The lowest BCUT2D eigenvalue weighted by molar-refractivity contribution is -0.137. The fourth-order valence-electron chi connectivity index (χ4n) is 2.13. The number of para-hydroxylation sites is 1. The van der Waals surface area contributed by atoms with Crippen molar-refractivity contribution in [3.63, 3.8) is 0 Å². The van der Waals surface area contributed by atoms with Crippen molar-refractivity contribution in [3.8, 4) is 5.69 Å². The summed E-state index contributed by atoms with van der Waals surface area (Å²) in [5.74, 6) is -2.96. The molecule has 0 atom stereocenters. The van der Waals surface area contributed by atoms with E-state index in [2.05, 4.69) is 5.10 Å². The highest BCUT2D eigenvalue weighted by molar-refractivity contribution is 5.88. The van der Waals surface area contributed by atoms with E-state index >= 15 is 0 Å². The molecule has 0 fully saturated rings. The van der Waals surface area contributed by atoms with Crippen LogP contribution in [0.4, 0.5) is 17.6 Å². The molecule has 0 saturated heterocycles. The maximum absolute atomic E-state index is 14.0. The third kappa shape index (κ3) is 2.68. The number of hydrogen-bond donors (Lipinski definition) is 1. The van der Waals surface area contributed by atoms with Gasteiger partial charge < -0.3 is 5.11 Å². The average Bonchev–Trinajstić information content (AvgIpc) is 2.81. The number of benzene rings is 1. The predicted molar refractivity (Wildman–Crippen MR) is 69.6 cm³/mol. The summed E-state index contributed by atoms with van der Waals surface area (Å²) >= 11 is 0. The highest BCUT2D eigenvalue weighted by atomic mass is 19.4. The van der Waals surface area contributed by atoms with Crippen LogP contribution in [0.25, 0.3) is 5.69 Å². The summed E-state index contributed by atoms with van der Waals surface area (Å²) in [6, 6.07) is 2.42. The summed E-state index contributed by atoms with van der Waals surface area (Å²) in [7, 11) is 0. The van der Waals surface area contributed by atoms with Crippen LogP contribution in [0, 0.1) is 5.82 Å². The third-order valence-electron chi connectivity index (χ3n) is 3.13. The first kappa shape index (κ1) is 16.0. The Hall–Kier alpha value is -2.38. The molecule has 118 valence electrons. The molecule has 1 aromatic heterocycles. The summed E-state index contributed by atoms with van der Waals surface area (Å²) in [5.41, 5.74) is -2.46. The van der Waals surface area contributed by atoms with E-state index in [-0.39, 0.29) is 11.5 Å². The first-order valence-electron chi connectivity index (χ1n) is 6.32. The van der Waals surface area contributed by atoms with Crippen LogP contribution >= 0.6 is 0 Å². The van der Waals surface area contributed by atoms with Crippen LogP contribution in [0.2, 0.25) is 0 Å². The standard InChI is InChI=1S/C14H12F4N2O2/c1-7(2)8-6-19-20(11(8)13(21)22)12-9(14(16,17)18)4-3-5-10(12)15/h3-7H,1-2H3,(H,21,22). The number of aromatic carboxylic acids is 1.